The van der Waals surface area contributed by atoms with Gasteiger partial charge in [-0.2, -0.15) is 0 Å². The van der Waals surface area contributed by atoms with E-state index in [0.717, 1.165) is 6.42 Å². The van der Waals surface area contributed by atoms with Gasteiger partial charge in [0.05, 0.1) is 6.04 Å². The van der Waals surface area contributed by atoms with E-state index in [4.69, 9.17) is 0 Å². The molecule has 1 aromatic carbocycles. The van der Waals surface area contributed by atoms with E-state index in [1.165, 1.54) is 37.7 Å². The highest BCUT2D eigenvalue weighted by atomic mass is 32.1. The molecule has 0 amide bonds. The molecule has 18 heavy (non-hydrogen) atoms. The summed E-state index contributed by atoms with van der Waals surface area (Å²) in [5, 5.41) is 3.71. The number of fused-ring (bicyclic) bond motifs is 1. The number of anilines is 1. The quantitative estimate of drug-likeness (QED) is 0.781. The van der Waals surface area contributed by atoms with Crippen molar-refractivity contribution in [2.24, 2.45) is 0 Å². The molecular weight excluding hydrogens is 238 g/mol. The highest BCUT2D eigenvalue weighted by molar-refractivity contribution is 7.12. The summed E-state index contributed by atoms with van der Waals surface area (Å²) in [6, 6.07) is 7.39. The smallest absolute Gasteiger partial charge is 0.0566 e. The molecule has 1 aliphatic rings. The molecule has 0 saturated heterocycles. The SMILES string of the molecule is Cc1cc(C)c2c(c1)CC(c1cc(C)sc1C)N2. The molecule has 0 aliphatic carbocycles. The second-order valence-electron chi connectivity index (χ2n) is 5.39. The van der Waals surface area contributed by atoms with Crippen LogP contribution >= 0.6 is 11.3 Å². The minimum atomic E-state index is 0.463. The van der Waals surface area contributed by atoms with Gasteiger partial charge in [0, 0.05) is 15.4 Å². The molecular formula is C16H19NS. The Morgan fingerprint density at radius 3 is 2.56 bits per heavy atom. The Hall–Kier alpha value is -1.28. The molecule has 0 saturated carbocycles. The van der Waals surface area contributed by atoms with Crippen molar-refractivity contribution < 1.29 is 0 Å². The first kappa shape index (κ1) is 11.8. The molecule has 3 rings (SSSR count). The summed E-state index contributed by atoms with van der Waals surface area (Å²) in [6.07, 6.45) is 1.12. The lowest BCUT2D eigenvalue weighted by Crippen LogP contribution is -2.05. The maximum Gasteiger partial charge on any atom is 0.0566 e. The number of nitrogens with one attached hydrogen (secondary N) is 1. The van der Waals surface area contributed by atoms with E-state index in [9.17, 15) is 0 Å². The van der Waals surface area contributed by atoms with Crippen LogP contribution in [0.3, 0.4) is 0 Å². The standard InChI is InChI=1S/C16H19NS/c1-9-5-10(2)16-13(6-9)8-15(17-16)14-7-11(3)18-12(14)4/h5-7,15,17H,8H2,1-4H3. The molecule has 0 spiro atoms. The lowest BCUT2D eigenvalue weighted by molar-refractivity contribution is 0.821. The Bertz CT molecular complexity index is 610. The van der Waals surface area contributed by atoms with E-state index in [-0.39, 0.29) is 0 Å². The van der Waals surface area contributed by atoms with Gasteiger partial charge >= 0.3 is 0 Å². The van der Waals surface area contributed by atoms with Crippen molar-refractivity contribution >= 4 is 17.0 Å². The van der Waals surface area contributed by atoms with Gasteiger partial charge in [0.25, 0.3) is 0 Å². The number of hydrogen-bond donors (Lipinski definition) is 1. The van der Waals surface area contributed by atoms with Gasteiger partial charge in [-0.25, -0.2) is 0 Å². The molecule has 94 valence electrons. The molecule has 1 N–H and O–H groups in total. The minimum absolute atomic E-state index is 0.463. The van der Waals surface area contributed by atoms with E-state index in [0.29, 0.717) is 6.04 Å². The molecule has 0 bridgehead atoms. The first-order valence-corrected chi connectivity index (χ1v) is 7.30. The van der Waals surface area contributed by atoms with Gasteiger partial charge < -0.3 is 5.32 Å². The zero-order valence-corrected chi connectivity index (χ0v) is 12.2. The van der Waals surface area contributed by atoms with Crippen LogP contribution in [0.15, 0.2) is 18.2 Å². The lowest BCUT2D eigenvalue weighted by Gasteiger charge is -2.11. The summed E-state index contributed by atoms with van der Waals surface area (Å²) < 4.78 is 0. The summed E-state index contributed by atoms with van der Waals surface area (Å²) in [5.41, 5.74) is 7.05. The van der Waals surface area contributed by atoms with Crippen LogP contribution in [0, 0.1) is 27.7 Å². The van der Waals surface area contributed by atoms with Crippen LogP contribution in [0.2, 0.25) is 0 Å². The Labute approximate surface area is 113 Å². The molecule has 2 heteroatoms. The molecule has 0 fully saturated rings. The average molecular weight is 257 g/mol. The Morgan fingerprint density at radius 1 is 1.11 bits per heavy atom. The summed E-state index contributed by atoms with van der Waals surface area (Å²) in [4.78, 5) is 2.86. The predicted octanol–water partition coefficient (Wildman–Crippen LogP) is 4.69. The van der Waals surface area contributed by atoms with E-state index in [2.05, 4.69) is 51.2 Å². The fourth-order valence-electron chi connectivity index (χ4n) is 3.05. The van der Waals surface area contributed by atoms with Crippen LogP contribution < -0.4 is 5.32 Å². The van der Waals surface area contributed by atoms with Crippen LogP contribution in [0.5, 0.6) is 0 Å². The van der Waals surface area contributed by atoms with E-state index >= 15 is 0 Å². The third-order valence-electron chi connectivity index (χ3n) is 3.76. The zero-order valence-electron chi connectivity index (χ0n) is 11.4. The van der Waals surface area contributed by atoms with E-state index in [1.54, 1.807) is 0 Å². The number of aryl methyl sites for hydroxylation is 4. The van der Waals surface area contributed by atoms with Crippen molar-refractivity contribution in [3.8, 4) is 0 Å². The van der Waals surface area contributed by atoms with E-state index in [1.807, 2.05) is 11.3 Å². The number of benzene rings is 1. The molecule has 0 radical (unpaired) electrons. The molecule has 2 heterocycles. The monoisotopic (exact) mass is 257 g/mol. The van der Waals surface area contributed by atoms with Crippen molar-refractivity contribution in [2.45, 2.75) is 40.2 Å². The summed E-state index contributed by atoms with van der Waals surface area (Å²) in [7, 11) is 0. The van der Waals surface area contributed by atoms with Gasteiger partial charge in [-0.3, -0.25) is 0 Å². The normalized spacial score (nSPS) is 17.7. The molecule has 1 aliphatic heterocycles. The largest absolute Gasteiger partial charge is 0.377 e. The third-order valence-corrected chi connectivity index (χ3v) is 4.74. The average Bonchev–Trinajstić information content (AvgIpc) is 2.81. The van der Waals surface area contributed by atoms with Gasteiger partial charge in [-0.15, -0.1) is 11.3 Å². The maximum absolute atomic E-state index is 3.71. The number of hydrogen-bond acceptors (Lipinski definition) is 2. The molecule has 2 aromatic rings. The van der Waals surface area contributed by atoms with Crippen LogP contribution in [0.25, 0.3) is 0 Å². The molecule has 1 aromatic heterocycles. The summed E-state index contributed by atoms with van der Waals surface area (Å²) >= 11 is 1.90. The van der Waals surface area contributed by atoms with Crippen LogP contribution in [0.4, 0.5) is 5.69 Å². The van der Waals surface area contributed by atoms with Gasteiger partial charge in [-0.1, -0.05) is 17.7 Å². The van der Waals surface area contributed by atoms with Crippen molar-refractivity contribution in [2.75, 3.05) is 5.32 Å². The van der Waals surface area contributed by atoms with Crippen molar-refractivity contribution in [1.29, 1.82) is 0 Å². The first-order valence-electron chi connectivity index (χ1n) is 6.48. The van der Waals surface area contributed by atoms with Crippen molar-refractivity contribution in [1.82, 2.24) is 0 Å². The second kappa shape index (κ2) is 4.13. The third kappa shape index (κ3) is 1.85. The minimum Gasteiger partial charge on any atom is -0.377 e. The van der Waals surface area contributed by atoms with Gasteiger partial charge in [0.1, 0.15) is 0 Å². The second-order valence-corrected chi connectivity index (χ2v) is 6.85. The predicted molar refractivity (Wildman–Crippen MR) is 79.8 cm³/mol. The van der Waals surface area contributed by atoms with Crippen LogP contribution in [-0.4, -0.2) is 0 Å². The summed E-state index contributed by atoms with van der Waals surface area (Å²) in [5.74, 6) is 0. The highest BCUT2D eigenvalue weighted by Crippen LogP contribution is 2.39. The Kier molecular flexibility index (Phi) is 2.70. The lowest BCUT2D eigenvalue weighted by atomic mass is 10.0. The fourth-order valence-corrected chi connectivity index (χ4v) is 4.04. The van der Waals surface area contributed by atoms with Crippen molar-refractivity contribution in [3.63, 3.8) is 0 Å². The van der Waals surface area contributed by atoms with Gasteiger partial charge in [0.2, 0.25) is 0 Å². The molecule has 1 nitrogen and oxygen atoms in total. The Balaban J connectivity index is 1.98. The molecule has 1 unspecified atom stereocenters. The van der Waals surface area contributed by atoms with Gasteiger partial charge in [-0.05, 0) is 56.9 Å². The maximum atomic E-state index is 3.71. The fraction of sp³-hybridized carbons (Fsp3) is 0.375. The van der Waals surface area contributed by atoms with Crippen molar-refractivity contribution in [3.05, 3.63) is 50.2 Å². The zero-order chi connectivity index (χ0) is 12.9. The topological polar surface area (TPSA) is 12.0 Å². The Morgan fingerprint density at radius 2 is 1.89 bits per heavy atom. The number of rotatable bonds is 1. The number of thiophene rings is 1. The van der Waals surface area contributed by atoms with E-state index < -0.39 is 0 Å². The molecule has 1 atom stereocenters. The highest BCUT2D eigenvalue weighted by Gasteiger charge is 2.25. The van der Waals surface area contributed by atoms with Gasteiger partial charge in [0.15, 0.2) is 0 Å². The summed E-state index contributed by atoms with van der Waals surface area (Å²) in [6.45, 7) is 8.81. The van der Waals surface area contributed by atoms with Crippen LogP contribution in [0.1, 0.15) is 38.0 Å². The first-order chi connectivity index (χ1) is 8.54. The van der Waals surface area contributed by atoms with Crippen LogP contribution in [-0.2, 0) is 6.42 Å².